The summed E-state index contributed by atoms with van der Waals surface area (Å²) in [5, 5.41) is 4.71. The topological polar surface area (TPSA) is 36.7 Å². The summed E-state index contributed by atoms with van der Waals surface area (Å²) < 4.78 is 2.00. The molecular formula is C24H25N5. The maximum absolute atomic E-state index is 4.82. The molecule has 0 unspecified atom stereocenters. The van der Waals surface area contributed by atoms with Crippen molar-refractivity contribution in [3.63, 3.8) is 0 Å². The van der Waals surface area contributed by atoms with Gasteiger partial charge in [0.15, 0.2) is 5.65 Å². The van der Waals surface area contributed by atoms with Gasteiger partial charge < -0.3 is 9.80 Å². The lowest BCUT2D eigenvalue weighted by Crippen LogP contribution is -2.47. The van der Waals surface area contributed by atoms with E-state index in [9.17, 15) is 0 Å². The van der Waals surface area contributed by atoms with E-state index in [-0.39, 0.29) is 0 Å². The second kappa shape index (κ2) is 7.24. The van der Waals surface area contributed by atoms with E-state index in [2.05, 4.69) is 84.3 Å². The first-order valence-corrected chi connectivity index (χ1v) is 10.2. The average molecular weight is 383 g/mol. The zero-order valence-electron chi connectivity index (χ0n) is 16.9. The number of aromatic nitrogens is 3. The normalized spacial score (nSPS) is 14.6. The Morgan fingerprint density at radius 3 is 2.21 bits per heavy atom. The van der Waals surface area contributed by atoms with Crippen molar-refractivity contribution in [2.45, 2.75) is 13.8 Å². The van der Waals surface area contributed by atoms with E-state index in [1.807, 2.05) is 10.7 Å². The number of fused-ring (bicyclic) bond motifs is 1. The number of benzene rings is 2. The highest BCUT2D eigenvalue weighted by Gasteiger charge is 2.21. The van der Waals surface area contributed by atoms with Gasteiger partial charge in [-0.05, 0) is 31.5 Å². The minimum Gasteiger partial charge on any atom is -0.368 e. The van der Waals surface area contributed by atoms with Gasteiger partial charge in [-0.2, -0.15) is 9.61 Å². The van der Waals surface area contributed by atoms with Crippen molar-refractivity contribution in [3.8, 4) is 11.1 Å². The molecule has 146 valence electrons. The van der Waals surface area contributed by atoms with Crippen LogP contribution in [0.1, 0.15) is 11.3 Å². The molecule has 0 bridgehead atoms. The molecule has 3 heterocycles. The standard InChI is InChI=1S/C24H25N5/c1-18-8-10-20(11-9-18)22-17-25-29-23(16-19(2)26-24(22)29)28-14-12-27(13-15-28)21-6-4-3-5-7-21/h3-11,16-17H,12-15H2,1-2H3. The number of para-hydroxylation sites is 1. The minimum absolute atomic E-state index is 0.925. The fraction of sp³-hybridized carbons (Fsp3) is 0.250. The molecule has 0 radical (unpaired) electrons. The molecule has 0 N–H and O–H groups in total. The second-order valence-electron chi connectivity index (χ2n) is 7.73. The molecule has 5 nitrogen and oxygen atoms in total. The molecule has 4 aromatic rings. The van der Waals surface area contributed by atoms with Crippen LogP contribution in [-0.4, -0.2) is 40.8 Å². The highest BCUT2D eigenvalue weighted by atomic mass is 15.4. The molecule has 0 aliphatic carbocycles. The van der Waals surface area contributed by atoms with Crippen LogP contribution >= 0.6 is 0 Å². The Labute approximate surface area is 171 Å². The van der Waals surface area contributed by atoms with Gasteiger partial charge in [0.05, 0.1) is 6.20 Å². The first kappa shape index (κ1) is 17.7. The smallest absolute Gasteiger partial charge is 0.165 e. The zero-order valence-corrected chi connectivity index (χ0v) is 16.9. The third kappa shape index (κ3) is 3.33. The molecule has 0 spiro atoms. The summed E-state index contributed by atoms with van der Waals surface area (Å²) in [6.45, 7) is 8.10. The van der Waals surface area contributed by atoms with Crippen molar-refractivity contribution < 1.29 is 0 Å². The fourth-order valence-corrected chi connectivity index (χ4v) is 4.06. The number of nitrogens with zero attached hydrogens (tertiary/aromatic N) is 5. The third-order valence-corrected chi connectivity index (χ3v) is 5.67. The first-order valence-electron chi connectivity index (χ1n) is 10.2. The molecule has 2 aromatic carbocycles. The predicted octanol–water partition coefficient (Wildman–Crippen LogP) is 4.34. The van der Waals surface area contributed by atoms with Crippen LogP contribution in [0.15, 0.2) is 66.9 Å². The van der Waals surface area contributed by atoms with Crippen molar-refractivity contribution >= 4 is 17.2 Å². The second-order valence-corrected chi connectivity index (χ2v) is 7.73. The molecule has 1 aliphatic heterocycles. The van der Waals surface area contributed by atoms with E-state index < -0.39 is 0 Å². The van der Waals surface area contributed by atoms with Crippen LogP contribution < -0.4 is 9.80 Å². The van der Waals surface area contributed by atoms with Crippen LogP contribution in [0, 0.1) is 13.8 Å². The summed E-state index contributed by atoms with van der Waals surface area (Å²) in [5.41, 5.74) is 6.73. The SMILES string of the molecule is Cc1ccc(-c2cnn3c(N4CCN(c5ccccc5)CC4)cc(C)nc23)cc1. The Balaban J connectivity index is 1.46. The molecular weight excluding hydrogens is 358 g/mol. The Bertz CT molecular complexity index is 1120. The van der Waals surface area contributed by atoms with Gasteiger partial charge in [0.1, 0.15) is 5.82 Å². The lowest BCUT2D eigenvalue weighted by molar-refractivity contribution is 0.638. The van der Waals surface area contributed by atoms with Crippen molar-refractivity contribution in [3.05, 3.63) is 78.1 Å². The van der Waals surface area contributed by atoms with E-state index in [1.54, 1.807) is 0 Å². The quantitative estimate of drug-likeness (QED) is 0.527. The van der Waals surface area contributed by atoms with Gasteiger partial charge >= 0.3 is 0 Å². The zero-order chi connectivity index (χ0) is 19.8. The van der Waals surface area contributed by atoms with Gasteiger partial charge in [0, 0.05) is 49.2 Å². The molecule has 29 heavy (non-hydrogen) atoms. The van der Waals surface area contributed by atoms with Crippen molar-refractivity contribution in [1.29, 1.82) is 0 Å². The monoisotopic (exact) mass is 383 g/mol. The van der Waals surface area contributed by atoms with Gasteiger partial charge in [-0.25, -0.2) is 4.98 Å². The van der Waals surface area contributed by atoms with Crippen LogP contribution in [0.4, 0.5) is 11.5 Å². The Hall–Kier alpha value is -3.34. The van der Waals surface area contributed by atoms with Crippen molar-refractivity contribution in [1.82, 2.24) is 14.6 Å². The number of hydrogen-bond donors (Lipinski definition) is 0. The molecule has 0 atom stereocenters. The van der Waals surface area contributed by atoms with E-state index >= 15 is 0 Å². The molecule has 1 fully saturated rings. The van der Waals surface area contributed by atoms with Gasteiger partial charge in [0.2, 0.25) is 0 Å². The average Bonchev–Trinajstić information content (AvgIpc) is 3.18. The molecule has 1 saturated heterocycles. The van der Waals surface area contributed by atoms with Gasteiger partial charge in [-0.1, -0.05) is 48.0 Å². The lowest BCUT2D eigenvalue weighted by Gasteiger charge is -2.37. The van der Waals surface area contributed by atoms with Gasteiger partial charge in [0.25, 0.3) is 0 Å². The van der Waals surface area contributed by atoms with Gasteiger partial charge in [-0.3, -0.25) is 0 Å². The molecule has 0 saturated carbocycles. The Kier molecular flexibility index (Phi) is 4.43. The van der Waals surface area contributed by atoms with Crippen LogP contribution in [0.5, 0.6) is 0 Å². The van der Waals surface area contributed by atoms with Crippen LogP contribution in [0.25, 0.3) is 16.8 Å². The Morgan fingerprint density at radius 1 is 0.793 bits per heavy atom. The van der Waals surface area contributed by atoms with E-state index in [4.69, 9.17) is 10.1 Å². The lowest BCUT2D eigenvalue weighted by atomic mass is 10.1. The molecule has 0 amide bonds. The van der Waals surface area contributed by atoms with Crippen molar-refractivity contribution in [2.75, 3.05) is 36.0 Å². The maximum Gasteiger partial charge on any atom is 0.165 e. The molecule has 1 aliphatic rings. The van der Waals surface area contributed by atoms with Gasteiger partial charge in [-0.15, -0.1) is 0 Å². The number of aryl methyl sites for hydroxylation is 2. The van der Waals surface area contributed by atoms with Crippen LogP contribution in [0.3, 0.4) is 0 Å². The summed E-state index contributed by atoms with van der Waals surface area (Å²) in [5.74, 6) is 1.12. The first-order chi connectivity index (χ1) is 14.2. The number of piperazine rings is 1. The summed E-state index contributed by atoms with van der Waals surface area (Å²) in [6, 6.07) is 21.4. The highest BCUT2D eigenvalue weighted by Crippen LogP contribution is 2.28. The largest absolute Gasteiger partial charge is 0.368 e. The third-order valence-electron chi connectivity index (χ3n) is 5.67. The highest BCUT2D eigenvalue weighted by molar-refractivity contribution is 5.78. The van der Waals surface area contributed by atoms with Crippen LogP contribution in [-0.2, 0) is 0 Å². The molecule has 2 aromatic heterocycles. The van der Waals surface area contributed by atoms with Crippen molar-refractivity contribution in [2.24, 2.45) is 0 Å². The van der Waals surface area contributed by atoms with E-state index in [0.717, 1.165) is 54.5 Å². The predicted molar refractivity (Wildman–Crippen MR) is 119 cm³/mol. The molecule has 5 rings (SSSR count). The number of anilines is 2. The molecule has 5 heteroatoms. The summed E-state index contributed by atoms with van der Waals surface area (Å²) in [7, 11) is 0. The summed E-state index contributed by atoms with van der Waals surface area (Å²) in [6.07, 6.45) is 1.94. The van der Waals surface area contributed by atoms with E-state index in [1.165, 1.54) is 11.3 Å². The van der Waals surface area contributed by atoms with E-state index in [0.29, 0.717) is 0 Å². The summed E-state index contributed by atoms with van der Waals surface area (Å²) in [4.78, 5) is 9.69. The number of rotatable bonds is 3. The minimum atomic E-state index is 0.925. The number of hydrogen-bond acceptors (Lipinski definition) is 4. The summed E-state index contributed by atoms with van der Waals surface area (Å²) >= 11 is 0. The Morgan fingerprint density at radius 2 is 1.48 bits per heavy atom. The fourth-order valence-electron chi connectivity index (χ4n) is 4.06. The van der Waals surface area contributed by atoms with Crippen LogP contribution in [0.2, 0.25) is 0 Å². The maximum atomic E-state index is 4.82.